The summed E-state index contributed by atoms with van der Waals surface area (Å²) in [5.41, 5.74) is 5.69. The predicted molar refractivity (Wildman–Crippen MR) is 148 cm³/mol. The van der Waals surface area contributed by atoms with Crippen LogP contribution in [0.25, 0.3) is 11.1 Å². The molecule has 5 aromatic rings. The highest BCUT2D eigenvalue weighted by Crippen LogP contribution is 2.44. The Labute approximate surface area is 207 Å². The smallest absolute Gasteiger partial charge is 0.205 e. The maximum Gasteiger partial charge on any atom is 0.205 e. The Bertz CT molecular complexity index is 1390. The molecular formula is C32H28NOP. The van der Waals surface area contributed by atoms with E-state index in [9.17, 15) is 4.57 Å². The molecule has 35 heavy (non-hydrogen) atoms. The summed E-state index contributed by atoms with van der Waals surface area (Å²) in [6, 6.07) is 46.6. The average molecular weight is 474 g/mol. The summed E-state index contributed by atoms with van der Waals surface area (Å²) in [5.74, 6) is 0. The largest absolute Gasteiger partial charge is 0.296 e. The number of rotatable bonds is 7. The first kappa shape index (κ1) is 23.1. The van der Waals surface area contributed by atoms with Crippen molar-refractivity contribution in [3.05, 3.63) is 156 Å². The van der Waals surface area contributed by atoms with Crippen molar-refractivity contribution in [3.8, 4) is 11.1 Å². The fourth-order valence-electron chi connectivity index (χ4n) is 4.49. The highest BCUT2D eigenvalue weighted by atomic mass is 31.2. The minimum atomic E-state index is -3.15. The van der Waals surface area contributed by atoms with Crippen molar-refractivity contribution >= 4 is 17.9 Å². The lowest BCUT2D eigenvalue weighted by Gasteiger charge is -2.29. The van der Waals surface area contributed by atoms with Crippen LogP contribution in [0.5, 0.6) is 0 Å². The molecule has 0 unspecified atom stereocenters. The summed E-state index contributed by atoms with van der Waals surface area (Å²) >= 11 is 0. The van der Waals surface area contributed by atoms with Crippen molar-refractivity contribution in [2.24, 2.45) is 0 Å². The molecule has 2 nitrogen and oxygen atoms in total. The van der Waals surface area contributed by atoms with Crippen LogP contribution < -0.4 is 15.7 Å². The van der Waals surface area contributed by atoms with E-state index >= 15 is 0 Å². The fraction of sp³-hybridized carbons (Fsp3) is 0.0625. The van der Waals surface area contributed by atoms with E-state index in [4.69, 9.17) is 0 Å². The third-order valence-corrected chi connectivity index (χ3v) is 9.07. The maximum atomic E-state index is 14.9. The molecule has 0 fully saturated rings. The van der Waals surface area contributed by atoms with Crippen molar-refractivity contribution in [1.82, 2.24) is 5.09 Å². The molecule has 0 saturated carbocycles. The first-order chi connectivity index (χ1) is 17.1. The van der Waals surface area contributed by atoms with Crippen LogP contribution in [-0.4, -0.2) is 0 Å². The predicted octanol–water partition coefficient (Wildman–Crippen LogP) is 7.27. The van der Waals surface area contributed by atoms with Crippen LogP contribution in [0.1, 0.15) is 22.7 Å². The van der Waals surface area contributed by atoms with Gasteiger partial charge in [0.1, 0.15) is 0 Å². The van der Waals surface area contributed by atoms with Crippen molar-refractivity contribution in [2.75, 3.05) is 0 Å². The quantitative estimate of drug-likeness (QED) is 0.252. The van der Waals surface area contributed by atoms with Gasteiger partial charge in [0.05, 0.1) is 6.04 Å². The molecule has 0 saturated heterocycles. The zero-order valence-electron chi connectivity index (χ0n) is 19.7. The third-order valence-electron chi connectivity index (χ3n) is 6.40. The molecule has 0 bridgehead atoms. The Morgan fingerprint density at radius 2 is 1.00 bits per heavy atom. The summed E-state index contributed by atoms with van der Waals surface area (Å²) in [6.07, 6.45) is 0. The number of aryl methyl sites for hydroxylation is 1. The van der Waals surface area contributed by atoms with Gasteiger partial charge >= 0.3 is 0 Å². The van der Waals surface area contributed by atoms with E-state index in [1.165, 1.54) is 5.56 Å². The zero-order chi connectivity index (χ0) is 24.1. The van der Waals surface area contributed by atoms with Crippen LogP contribution in [0.2, 0.25) is 0 Å². The molecule has 0 aliphatic carbocycles. The molecule has 0 aliphatic heterocycles. The topological polar surface area (TPSA) is 29.1 Å². The van der Waals surface area contributed by atoms with Crippen LogP contribution in [0, 0.1) is 6.92 Å². The zero-order valence-corrected chi connectivity index (χ0v) is 20.6. The van der Waals surface area contributed by atoms with Gasteiger partial charge in [0, 0.05) is 10.6 Å². The molecule has 172 valence electrons. The second kappa shape index (κ2) is 10.3. The molecule has 0 spiro atoms. The van der Waals surface area contributed by atoms with Gasteiger partial charge in [-0.15, -0.1) is 0 Å². The summed E-state index contributed by atoms with van der Waals surface area (Å²) in [4.78, 5) is 0. The van der Waals surface area contributed by atoms with E-state index in [0.29, 0.717) is 0 Å². The molecule has 0 aromatic heterocycles. The minimum Gasteiger partial charge on any atom is -0.296 e. The Kier molecular flexibility index (Phi) is 6.77. The standard InChI is InChI=1S/C32H28NOP/c1-25-13-11-12-20-31(25)32(28-23-21-27(22-24-28)26-14-5-2-6-15-26)33-35(34,29-16-7-3-8-17-29)30-18-9-4-10-19-30/h2-24,32H,1H3,(H,33,34)/t32-/m1/s1. The summed E-state index contributed by atoms with van der Waals surface area (Å²) in [7, 11) is -3.15. The minimum absolute atomic E-state index is 0.243. The number of benzene rings is 5. The molecule has 0 amide bonds. The van der Waals surface area contributed by atoms with Gasteiger partial charge in [0.2, 0.25) is 7.29 Å². The molecule has 5 rings (SSSR count). The van der Waals surface area contributed by atoms with Crippen LogP contribution in [0.3, 0.4) is 0 Å². The molecule has 0 aliphatic rings. The Morgan fingerprint density at radius 3 is 1.54 bits per heavy atom. The van der Waals surface area contributed by atoms with Crippen LogP contribution in [-0.2, 0) is 4.57 Å². The monoisotopic (exact) mass is 473 g/mol. The molecular weight excluding hydrogens is 445 g/mol. The second-order valence-corrected chi connectivity index (χ2v) is 11.2. The van der Waals surface area contributed by atoms with Gasteiger partial charge in [-0.3, -0.25) is 4.57 Å². The van der Waals surface area contributed by atoms with Crippen molar-refractivity contribution in [1.29, 1.82) is 0 Å². The van der Waals surface area contributed by atoms with Crippen molar-refractivity contribution in [2.45, 2.75) is 13.0 Å². The molecule has 3 heteroatoms. The Hall–Kier alpha value is -3.71. The molecule has 5 aromatic carbocycles. The molecule has 0 radical (unpaired) electrons. The molecule has 1 N–H and O–H groups in total. The van der Waals surface area contributed by atoms with E-state index in [0.717, 1.165) is 32.9 Å². The number of nitrogens with one attached hydrogen (secondary N) is 1. The maximum absolute atomic E-state index is 14.9. The SMILES string of the molecule is Cc1ccccc1[C@H](NP(=O)(c1ccccc1)c1ccccc1)c1ccc(-c2ccccc2)cc1. The van der Waals surface area contributed by atoms with E-state index < -0.39 is 7.29 Å². The van der Waals surface area contributed by atoms with Gasteiger partial charge in [-0.25, -0.2) is 5.09 Å². The first-order valence-corrected chi connectivity index (χ1v) is 13.6. The fourth-order valence-corrected chi connectivity index (χ4v) is 6.92. The molecule has 1 atom stereocenters. The van der Waals surface area contributed by atoms with Crippen LogP contribution in [0.15, 0.2) is 140 Å². The van der Waals surface area contributed by atoms with Gasteiger partial charge in [-0.05, 0) is 59.0 Å². The number of hydrogen-bond acceptors (Lipinski definition) is 1. The molecule has 0 heterocycles. The Balaban J connectivity index is 1.62. The summed E-state index contributed by atoms with van der Waals surface area (Å²) in [6.45, 7) is 2.11. The highest BCUT2D eigenvalue weighted by molar-refractivity contribution is 7.76. The lowest BCUT2D eigenvalue weighted by Crippen LogP contribution is -2.31. The van der Waals surface area contributed by atoms with E-state index in [1.54, 1.807) is 0 Å². The lowest BCUT2D eigenvalue weighted by molar-refractivity contribution is 0.571. The van der Waals surface area contributed by atoms with E-state index in [1.807, 2.05) is 78.9 Å². The second-order valence-electron chi connectivity index (χ2n) is 8.69. The van der Waals surface area contributed by atoms with E-state index in [2.05, 4.69) is 72.7 Å². The summed E-state index contributed by atoms with van der Waals surface area (Å²) in [5, 5.41) is 5.25. The van der Waals surface area contributed by atoms with Crippen molar-refractivity contribution in [3.63, 3.8) is 0 Å². The van der Waals surface area contributed by atoms with E-state index in [-0.39, 0.29) is 6.04 Å². The number of hydrogen-bond donors (Lipinski definition) is 1. The van der Waals surface area contributed by atoms with Gasteiger partial charge in [-0.1, -0.05) is 115 Å². The van der Waals surface area contributed by atoms with Crippen LogP contribution in [0.4, 0.5) is 0 Å². The van der Waals surface area contributed by atoms with Gasteiger partial charge in [0.25, 0.3) is 0 Å². The van der Waals surface area contributed by atoms with Gasteiger partial charge in [-0.2, -0.15) is 0 Å². The highest BCUT2D eigenvalue weighted by Gasteiger charge is 2.31. The van der Waals surface area contributed by atoms with Gasteiger partial charge in [0.15, 0.2) is 0 Å². The van der Waals surface area contributed by atoms with Gasteiger partial charge < -0.3 is 0 Å². The average Bonchev–Trinajstić information content (AvgIpc) is 2.94. The normalized spacial score (nSPS) is 12.3. The summed E-state index contributed by atoms with van der Waals surface area (Å²) < 4.78 is 14.9. The third kappa shape index (κ3) is 4.91. The first-order valence-electron chi connectivity index (χ1n) is 11.9. The van der Waals surface area contributed by atoms with Crippen LogP contribution >= 0.6 is 7.29 Å². The Morgan fingerprint density at radius 1 is 0.543 bits per heavy atom. The lowest BCUT2D eigenvalue weighted by atomic mass is 9.94. The van der Waals surface area contributed by atoms with Crippen molar-refractivity contribution < 1.29 is 4.57 Å².